The molecule has 0 amide bonds. The first kappa shape index (κ1) is 33.6. The molecule has 0 aromatic heterocycles. The van der Waals surface area contributed by atoms with Gasteiger partial charge in [-0.3, -0.25) is 0 Å². The fourth-order valence-corrected chi connectivity index (χ4v) is 5.36. The summed E-state index contributed by atoms with van der Waals surface area (Å²) < 4.78 is 36.4. The lowest BCUT2D eigenvalue weighted by atomic mass is 9.89. The Kier molecular flexibility index (Phi) is 11.7. The highest BCUT2D eigenvalue weighted by Gasteiger charge is 2.28. The van der Waals surface area contributed by atoms with E-state index in [0.717, 1.165) is 22.1 Å². The van der Waals surface area contributed by atoms with Crippen LogP contribution in [-0.2, 0) is 12.8 Å². The number of methoxy groups -OCH3 is 3. The summed E-state index contributed by atoms with van der Waals surface area (Å²) in [6.45, 7) is 5.60. The summed E-state index contributed by atoms with van der Waals surface area (Å²) in [4.78, 5) is 0. The Morgan fingerprint density at radius 3 is 2.29 bits per heavy atom. The molecule has 1 aliphatic heterocycles. The number of aliphatic hydroxyl groups is 1. The first-order chi connectivity index (χ1) is 21.7. The molecule has 4 aromatic carbocycles. The van der Waals surface area contributed by atoms with Gasteiger partial charge in [0, 0.05) is 29.6 Å². The lowest BCUT2D eigenvalue weighted by Gasteiger charge is -2.28. The van der Waals surface area contributed by atoms with Crippen LogP contribution in [0.4, 0.5) is 4.39 Å². The molecule has 0 aliphatic carbocycles. The van der Waals surface area contributed by atoms with Crippen LogP contribution in [0.5, 0.6) is 34.5 Å². The zero-order valence-corrected chi connectivity index (χ0v) is 26.4. The van der Waals surface area contributed by atoms with Crippen LogP contribution in [0.3, 0.4) is 0 Å². The summed E-state index contributed by atoms with van der Waals surface area (Å²) in [7, 11) is 4.61. The molecular weight excluding hydrogens is 579 g/mol. The fourth-order valence-electron chi connectivity index (χ4n) is 5.36. The molecule has 10 heteroatoms. The second kappa shape index (κ2) is 15.7. The van der Waals surface area contributed by atoms with Crippen LogP contribution in [0.15, 0.2) is 60.7 Å². The van der Waals surface area contributed by atoms with Crippen molar-refractivity contribution in [1.29, 1.82) is 0 Å². The minimum atomic E-state index is -0.787. The van der Waals surface area contributed by atoms with Gasteiger partial charge in [-0.05, 0) is 60.2 Å². The van der Waals surface area contributed by atoms with Crippen molar-refractivity contribution in [2.45, 2.75) is 44.9 Å². The number of ether oxygens (including phenoxy) is 4. The summed E-state index contributed by atoms with van der Waals surface area (Å²) in [5.41, 5.74) is 1.92. The molecule has 0 saturated carbocycles. The van der Waals surface area contributed by atoms with Gasteiger partial charge in [-0.25, -0.2) is 4.39 Å². The average molecular weight is 623 g/mol. The van der Waals surface area contributed by atoms with Crippen molar-refractivity contribution in [2.75, 3.05) is 41.0 Å². The van der Waals surface area contributed by atoms with Crippen molar-refractivity contribution in [3.8, 4) is 34.5 Å². The van der Waals surface area contributed by atoms with Gasteiger partial charge in [-0.2, -0.15) is 0 Å². The van der Waals surface area contributed by atoms with E-state index in [-0.39, 0.29) is 6.04 Å². The summed E-state index contributed by atoms with van der Waals surface area (Å²) in [6, 6.07) is 19.1. The molecule has 9 nitrogen and oxygen atoms in total. The van der Waals surface area contributed by atoms with E-state index in [1.54, 1.807) is 0 Å². The SMILES string of the molecule is CC(C)NCC(O)COc1cccc2ccccc12.COc1cc(CC2NCCc3cc(O)c(O)c(F)c32)cc(OC)c1OC. The number of hydrogen-bond donors (Lipinski definition) is 5. The van der Waals surface area contributed by atoms with Gasteiger partial charge in [0.1, 0.15) is 18.5 Å². The molecule has 2 unspecified atom stereocenters. The Labute approximate surface area is 263 Å². The Hall–Kier alpha value is -4.25. The van der Waals surface area contributed by atoms with Crippen molar-refractivity contribution in [1.82, 2.24) is 10.6 Å². The quantitative estimate of drug-likeness (QED) is 0.143. The van der Waals surface area contributed by atoms with Crippen molar-refractivity contribution < 1.29 is 38.7 Å². The molecule has 0 spiro atoms. The van der Waals surface area contributed by atoms with Gasteiger partial charge in [-0.1, -0.05) is 50.2 Å². The van der Waals surface area contributed by atoms with E-state index in [2.05, 4.69) is 36.6 Å². The number of phenols is 2. The van der Waals surface area contributed by atoms with Gasteiger partial charge >= 0.3 is 0 Å². The smallest absolute Gasteiger partial charge is 0.203 e. The van der Waals surface area contributed by atoms with Crippen LogP contribution in [0.25, 0.3) is 10.8 Å². The minimum Gasteiger partial charge on any atom is -0.504 e. The Morgan fingerprint density at radius 1 is 0.933 bits per heavy atom. The topological polar surface area (TPSA) is 122 Å². The zero-order valence-electron chi connectivity index (χ0n) is 26.4. The number of rotatable bonds is 11. The number of nitrogens with one attached hydrogen (secondary N) is 2. The van der Waals surface area contributed by atoms with Crippen molar-refractivity contribution in [2.24, 2.45) is 0 Å². The summed E-state index contributed by atoms with van der Waals surface area (Å²) in [5, 5.41) is 38.0. The van der Waals surface area contributed by atoms with E-state index < -0.39 is 23.4 Å². The number of halogens is 1. The van der Waals surface area contributed by atoms with Crippen molar-refractivity contribution >= 4 is 10.8 Å². The largest absolute Gasteiger partial charge is 0.504 e. The van der Waals surface area contributed by atoms with Crippen LogP contribution in [0.2, 0.25) is 0 Å². The van der Waals surface area contributed by atoms with Crippen LogP contribution in [0.1, 0.15) is 36.6 Å². The number of fused-ring (bicyclic) bond motifs is 2. The van der Waals surface area contributed by atoms with Crippen LogP contribution in [-0.4, -0.2) is 68.5 Å². The van der Waals surface area contributed by atoms with Gasteiger partial charge in [0.2, 0.25) is 5.75 Å². The highest BCUT2D eigenvalue weighted by atomic mass is 19.1. The van der Waals surface area contributed by atoms with Crippen LogP contribution >= 0.6 is 0 Å². The summed E-state index contributed by atoms with van der Waals surface area (Å²) >= 11 is 0. The molecule has 0 radical (unpaired) electrons. The number of hydrogen-bond acceptors (Lipinski definition) is 9. The molecule has 0 fully saturated rings. The monoisotopic (exact) mass is 622 g/mol. The Balaban J connectivity index is 0.000000215. The third-order valence-corrected chi connectivity index (χ3v) is 7.58. The van der Waals surface area contributed by atoms with Crippen LogP contribution in [0, 0.1) is 5.82 Å². The molecule has 5 rings (SSSR count). The molecule has 45 heavy (non-hydrogen) atoms. The van der Waals surface area contributed by atoms with Gasteiger partial charge in [0.05, 0.1) is 21.3 Å². The summed E-state index contributed by atoms with van der Waals surface area (Å²) in [5.74, 6) is 0.409. The predicted molar refractivity (Wildman–Crippen MR) is 173 cm³/mol. The van der Waals surface area contributed by atoms with Crippen molar-refractivity contribution in [3.05, 3.63) is 83.2 Å². The average Bonchev–Trinajstić information content (AvgIpc) is 3.05. The highest BCUT2D eigenvalue weighted by Crippen LogP contribution is 2.41. The van der Waals surface area contributed by atoms with E-state index in [0.29, 0.717) is 67.0 Å². The second-order valence-corrected chi connectivity index (χ2v) is 11.1. The fraction of sp³-hybridized carbons (Fsp3) is 0.371. The molecule has 1 heterocycles. The van der Waals surface area contributed by atoms with E-state index >= 15 is 0 Å². The number of aliphatic hydroxyl groups excluding tert-OH is 1. The van der Waals surface area contributed by atoms with Gasteiger partial charge in [0.15, 0.2) is 28.8 Å². The highest BCUT2D eigenvalue weighted by molar-refractivity contribution is 5.88. The molecular formula is C35H43FN2O7. The standard InChI is InChI=1S/C19H22FNO5.C16H21NO2/c1-24-14-7-10(8-15(25-2)19(14)26-3)6-12-16-11(4-5-21-12)9-13(22)18(23)17(16)20;1-12(2)17-10-14(18)11-19-16-9-5-7-13-6-3-4-8-15(13)16/h7-9,12,21-23H,4-6H2,1-3H3;3-9,12,14,17-18H,10-11H2,1-2H3. The number of benzene rings is 4. The summed E-state index contributed by atoms with van der Waals surface area (Å²) in [6.07, 6.45) is 0.526. The predicted octanol–water partition coefficient (Wildman–Crippen LogP) is 5.27. The van der Waals surface area contributed by atoms with E-state index in [1.807, 2.05) is 42.5 Å². The molecule has 5 N–H and O–H groups in total. The maximum absolute atomic E-state index is 14.6. The van der Waals surface area contributed by atoms with E-state index in [4.69, 9.17) is 18.9 Å². The number of aromatic hydroxyl groups is 2. The third-order valence-electron chi connectivity index (χ3n) is 7.58. The maximum Gasteiger partial charge on any atom is 0.203 e. The lowest BCUT2D eigenvalue weighted by Crippen LogP contribution is -2.35. The first-order valence-electron chi connectivity index (χ1n) is 14.9. The third kappa shape index (κ3) is 8.27. The Morgan fingerprint density at radius 2 is 1.62 bits per heavy atom. The van der Waals surface area contributed by atoms with E-state index in [1.165, 1.54) is 27.4 Å². The first-order valence-corrected chi connectivity index (χ1v) is 14.9. The maximum atomic E-state index is 14.6. The van der Waals surface area contributed by atoms with E-state index in [9.17, 15) is 19.7 Å². The molecule has 1 aliphatic rings. The lowest BCUT2D eigenvalue weighted by molar-refractivity contribution is 0.105. The molecule has 0 bridgehead atoms. The molecule has 4 aromatic rings. The van der Waals surface area contributed by atoms with Gasteiger partial charge in [-0.15, -0.1) is 0 Å². The van der Waals surface area contributed by atoms with Crippen molar-refractivity contribution in [3.63, 3.8) is 0 Å². The zero-order chi connectivity index (χ0) is 32.5. The van der Waals surface area contributed by atoms with Gasteiger partial charge in [0.25, 0.3) is 0 Å². The van der Waals surface area contributed by atoms with Crippen LogP contribution < -0.4 is 29.6 Å². The second-order valence-electron chi connectivity index (χ2n) is 11.1. The normalized spacial score (nSPS) is 14.7. The molecule has 242 valence electrons. The molecule has 0 saturated heterocycles. The van der Waals surface area contributed by atoms with Gasteiger partial charge < -0.3 is 44.9 Å². The molecule has 2 atom stereocenters. The number of phenolic OH excluding ortho intramolecular Hbond substituents is 2. The Bertz CT molecular complexity index is 1550. The minimum absolute atomic E-state index is 0.299.